The number of guanidine groups is 1. The minimum absolute atomic E-state index is 0.257. The molecule has 1 saturated heterocycles. The molecule has 1 amide bonds. The Labute approximate surface area is 192 Å². The van der Waals surface area contributed by atoms with Gasteiger partial charge in [-0.3, -0.25) is 9.79 Å². The molecule has 32 heavy (non-hydrogen) atoms. The van der Waals surface area contributed by atoms with E-state index >= 15 is 0 Å². The summed E-state index contributed by atoms with van der Waals surface area (Å²) in [6.07, 6.45) is 1.51. The number of rotatable bonds is 10. The minimum atomic E-state index is 0.257. The molecular weight excluding hydrogens is 398 g/mol. The molecule has 172 valence electrons. The van der Waals surface area contributed by atoms with Gasteiger partial charge in [-0.25, -0.2) is 0 Å². The van der Waals surface area contributed by atoms with Crippen molar-refractivity contribution in [1.82, 2.24) is 15.5 Å². The summed E-state index contributed by atoms with van der Waals surface area (Å²) >= 11 is 0. The van der Waals surface area contributed by atoms with E-state index in [4.69, 9.17) is 0 Å². The first-order valence-corrected chi connectivity index (χ1v) is 11.7. The normalized spacial score (nSPS) is 16.3. The van der Waals surface area contributed by atoms with Gasteiger partial charge in [-0.1, -0.05) is 42.5 Å². The van der Waals surface area contributed by atoms with E-state index in [9.17, 15) is 4.79 Å². The fourth-order valence-electron chi connectivity index (χ4n) is 4.18. The van der Waals surface area contributed by atoms with Crippen molar-refractivity contribution in [3.8, 4) is 0 Å². The van der Waals surface area contributed by atoms with Crippen LogP contribution in [0, 0.1) is 12.8 Å². The van der Waals surface area contributed by atoms with E-state index in [2.05, 4.69) is 70.8 Å². The van der Waals surface area contributed by atoms with Gasteiger partial charge in [-0.2, -0.15) is 0 Å². The van der Waals surface area contributed by atoms with Gasteiger partial charge in [0, 0.05) is 64.3 Å². The van der Waals surface area contributed by atoms with Crippen molar-refractivity contribution in [2.24, 2.45) is 10.9 Å². The Bertz CT molecular complexity index is 883. The average Bonchev–Trinajstić information content (AvgIpc) is 3.17. The van der Waals surface area contributed by atoms with E-state index in [-0.39, 0.29) is 5.91 Å². The number of aliphatic imine (C=N–C) groups is 1. The number of aryl methyl sites for hydroxylation is 1. The highest BCUT2D eigenvalue weighted by atomic mass is 16.2. The SMILES string of the molecule is CCN(CCNC(=NC)NCC1CC(=O)N(CCc2ccccc2)C1)c1cccc(C)c1. The predicted molar refractivity (Wildman–Crippen MR) is 133 cm³/mol. The summed E-state index contributed by atoms with van der Waals surface area (Å²) in [7, 11) is 1.79. The average molecular weight is 436 g/mol. The van der Waals surface area contributed by atoms with Crippen LogP contribution in [0.2, 0.25) is 0 Å². The highest BCUT2D eigenvalue weighted by Gasteiger charge is 2.29. The zero-order valence-corrected chi connectivity index (χ0v) is 19.7. The van der Waals surface area contributed by atoms with Crippen LogP contribution in [-0.4, -0.2) is 63.1 Å². The van der Waals surface area contributed by atoms with Gasteiger partial charge in [0.25, 0.3) is 0 Å². The molecule has 2 N–H and O–H groups in total. The number of carbonyl (C=O) groups is 1. The Morgan fingerprint density at radius 2 is 1.97 bits per heavy atom. The zero-order chi connectivity index (χ0) is 22.8. The topological polar surface area (TPSA) is 60.0 Å². The molecule has 1 fully saturated rings. The van der Waals surface area contributed by atoms with Gasteiger partial charge in [-0.15, -0.1) is 0 Å². The minimum Gasteiger partial charge on any atom is -0.370 e. The molecule has 1 atom stereocenters. The lowest BCUT2D eigenvalue weighted by atomic mass is 10.1. The molecule has 1 unspecified atom stereocenters. The van der Waals surface area contributed by atoms with Crippen molar-refractivity contribution in [1.29, 1.82) is 0 Å². The van der Waals surface area contributed by atoms with Crippen LogP contribution in [0.3, 0.4) is 0 Å². The van der Waals surface area contributed by atoms with Gasteiger partial charge in [0.15, 0.2) is 5.96 Å². The van der Waals surface area contributed by atoms with Crippen LogP contribution in [0.5, 0.6) is 0 Å². The second-order valence-electron chi connectivity index (χ2n) is 8.44. The fraction of sp³-hybridized carbons (Fsp3) is 0.462. The van der Waals surface area contributed by atoms with Crippen molar-refractivity contribution >= 4 is 17.6 Å². The Kier molecular flexibility index (Phi) is 8.96. The van der Waals surface area contributed by atoms with Gasteiger partial charge in [0.05, 0.1) is 0 Å². The van der Waals surface area contributed by atoms with Crippen LogP contribution in [0.1, 0.15) is 24.5 Å². The summed E-state index contributed by atoms with van der Waals surface area (Å²) in [6.45, 7) is 9.31. The van der Waals surface area contributed by atoms with E-state index in [0.717, 1.165) is 51.6 Å². The third-order valence-electron chi connectivity index (χ3n) is 6.01. The van der Waals surface area contributed by atoms with E-state index < -0.39 is 0 Å². The second kappa shape index (κ2) is 12.1. The third kappa shape index (κ3) is 7.01. The summed E-state index contributed by atoms with van der Waals surface area (Å²) in [5.74, 6) is 1.36. The Hall–Kier alpha value is -3.02. The summed E-state index contributed by atoms with van der Waals surface area (Å²) in [5.41, 5.74) is 3.80. The molecule has 0 spiro atoms. The van der Waals surface area contributed by atoms with Crippen molar-refractivity contribution in [3.05, 3.63) is 65.7 Å². The first kappa shape index (κ1) is 23.6. The number of nitrogens with zero attached hydrogens (tertiary/aromatic N) is 3. The monoisotopic (exact) mass is 435 g/mol. The predicted octanol–water partition coefficient (Wildman–Crippen LogP) is 3.08. The molecule has 1 aliphatic heterocycles. The Morgan fingerprint density at radius 1 is 1.16 bits per heavy atom. The smallest absolute Gasteiger partial charge is 0.223 e. The second-order valence-corrected chi connectivity index (χ2v) is 8.44. The first-order chi connectivity index (χ1) is 15.6. The summed E-state index contributed by atoms with van der Waals surface area (Å²) in [5, 5.41) is 6.82. The van der Waals surface area contributed by atoms with Crippen LogP contribution < -0.4 is 15.5 Å². The maximum atomic E-state index is 12.4. The van der Waals surface area contributed by atoms with Gasteiger partial charge >= 0.3 is 0 Å². The number of benzene rings is 2. The molecular formula is C26H37N5O. The van der Waals surface area contributed by atoms with Crippen molar-refractivity contribution in [3.63, 3.8) is 0 Å². The van der Waals surface area contributed by atoms with E-state index in [1.54, 1.807) is 7.05 Å². The molecule has 2 aromatic rings. The number of hydrogen-bond acceptors (Lipinski definition) is 3. The van der Waals surface area contributed by atoms with Crippen LogP contribution in [0.4, 0.5) is 5.69 Å². The molecule has 6 nitrogen and oxygen atoms in total. The molecule has 0 aliphatic carbocycles. The summed E-state index contributed by atoms with van der Waals surface area (Å²) < 4.78 is 0. The van der Waals surface area contributed by atoms with Gasteiger partial charge in [-0.05, 0) is 43.5 Å². The van der Waals surface area contributed by atoms with Crippen LogP contribution in [0.25, 0.3) is 0 Å². The Morgan fingerprint density at radius 3 is 2.69 bits per heavy atom. The van der Waals surface area contributed by atoms with E-state index in [0.29, 0.717) is 12.3 Å². The van der Waals surface area contributed by atoms with Crippen LogP contribution in [-0.2, 0) is 11.2 Å². The largest absolute Gasteiger partial charge is 0.370 e. The summed E-state index contributed by atoms with van der Waals surface area (Å²) in [6, 6.07) is 19.0. The molecule has 0 radical (unpaired) electrons. The molecule has 0 bridgehead atoms. The highest BCUT2D eigenvalue weighted by molar-refractivity contribution is 5.80. The maximum Gasteiger partial charge on any atom is 0.223 e. The number of hydrogen-bond donors (Lipinski definition) is 2. The lowest BCUT2D eigenvalue weighted by Gasteiger charge is -2.24. The van der Waals surface area contributed by atoms with Gasteiger partial charge < -0.3 is 20.4 Å². The standard InChI is InChI=1S/C26H37N5O/c1-4-30(24-12-8-9-21(2)17-24)16-14-28-26(27-3)29-19-23-18-25(32)31(20-23)15-13-22-10-6-5-7-11-22/h5-12,17,23H,4,13-16,18-20H2,1-3H3,(H2,27,28,29). The van der Waals surface area contributed by atoms with Crippen molar-refractivity contribution in [2.75, 3.05) is 51.2 Å². The number of amides is 1. The molecule has 6 heteroatoms. The van der Waals surface area contributed by atoms with Crippen LogP contribution in [0.15, 0.2) is 59.6 Å². The molecule has 0 saturated carbocycles. The van der Waals surface area contributed by atoms with Gasteiger partial charge in [0.1, 0.15) is 0 Å². The van der Waals surface area contributed by atoms with Crippen molar-refractivity contribution < 1.29 is 4.79 Å². The molecule has 0 aromatic heterocycles. The number of nitrogens with one attached hydrogen (secondary N) is 2. The quantitative estimate of drug-likeness (QED) is 0.445. The van der Waals surface area contributed by atoms with Gasteiger partial charge in [0.2, 0.25) is 5.91 Å². The molecule has 1 heterocycles. The van der Waals surface area contributed by atoms with Crippen LogP contribution >= 0.6 is 0 Å². The van der Waals surface area contributed by atoms with E-state index in [1.165, 1.54) is 16.8 Å². The fourth-order valence-corrected chi connectivity index (χ4v) is 4.18. The molecule has 3 rings (SSSR count). The van der Waals surface area contributed by atoms with Crippen molar-refractivity contribution in [2.45, 2.75) is 26.7 Å². The lowest BCUT2D eigenvalue weighted by molar-refractivity contribution is -0.127. The summed E-state index contributed by atoms with van der Waals surface area (Å²) in [4.78, 5) is 21.1. The number of anilines is 1. The maximum absolute atomic E-state index is 12.4. The molecule has 1 aliphatic rings. The lowest BCUT2D eigenvalue weighted by Crippen LogP contribution is -2.43. The number of likely N-dealkylation sites (N-methyl/N-ethyl adjacent to an activating group) is 1. The zero-order valence-electron chi connectivity index (χ0n) is 19.7. The van der Waals surface area contributed by atoms with E-state index in [1.807, 2.05) is 23.1 Å². The first-order valence-electron chi connectivity index (χ1n) is 11.7. The third-order valence-corrected chi connectivity index (χ3v) is 6.01. The Balaban J connectivity index is 1.39. The highest BCUT2D eigenvalue weighted by Crippen LogP contribution is 2.18. The molecule has 2 aromatic carbocycles. The number of likely N-dealkylation sites (tertiary alicyclic amines) is 1. The number of carbonyl (C=O) groups excluding carboxylic acids is 1.